The predicted octanol–water partition coefficient (Wildman–Crippen LogP) is 1.94. The molecule has 0 aliphatic rings. The quantitative estimate of drug-likeness (QED) is 0.587. The molecule has 1 aromatic carbocycles. The highest BCUT2D eigenvalue weighted by atomic mass is 35.5. The highest BCUT2D eigenvalue weighted by molar-refractivity contribution is 7.80. The molecule has 0 amide bonds. The Morgan fingerprint density at radius 1 is 1.40 bits per heavy atom. The summed E-state index contributed by atoms with van der Waals surface area (Å²) in [4.78, 5) is 7.96. The summed E-state index contributed by atoms with van der Waals surface area (Å²) < 4.78 is 0. The van der Waals surface area contributed by atoms with E-state index < -0.39 is 0 Å². The topological polar surface area (TPSA) is 63.8 Å². The van der Waals surface area contributed by atoms with Gasteiger partial charge >= 0.3 is 0 Å². The van der Waals surface area contributed by atoms with Crippen molar-refractivity contribution in [1.29, 1.82) is 0 Å². The minimum atomic E-state index is 0.210. The number of halogens is 1. The first-order valence-corrected chi connectivity index (χ1v) is 4.92. The van der Waals surface area contributed by atoms with Gasteiger partial charge in [0.2, 0.25) is 0 Å². The van der Waals surface area contributed by atoms with Gasteiger partial charge in [0.05, 0.1) is 5.52 Å². The Bertz CT molecular complexity index is 529. The molecule has 2 aromatic rings. The Morgan fingerprint density at radius 3 is 2.93 bits per heavy atom. The van der Waals surface area contributed by atoms with Crippen molar-refractivity contribution in [2.45, 2.75) is 0 Å². The number of benzene rings is 1. The van der Waals surface area contributed by atoms with Gasteiger partial charge in [-0.2, -0.15) is 0 Å². The summed E-state index contributed by atoms with van der Waals surface area (Å²) in [6.07, 6.45) is 1.42. The van der Waals surface area contributed by atoms with Crippen LogP contribution in [0.1, 0.15) is 0 Å². The smallest absolute Gasteiger partial charge is 0.168 e. The molecule has 15 heavy (non-hydrogen) atoms. The lowest BCUT2D eigenvalue weighted by molar-refractivity contribution is 1.22. The maximum atomic E-state index is 5.92. The minimum absolute atomic E-state index is 0.210. The average molecular weight is 239 g/mol. The molecular formula is C9H7ClN4S. The summed E-state index contributed by atoms with van der Waals surface area (Å²) in [6.45, 7) is 0. The van der Waals surface area contributed by atoms with Crippen LogP contribution in [0.25, 0.3) is 10.9 Å². The molecule has 0 aliphatic carbocycles. The van der Waals surface area contributed by atoms with Gasteiger partial charge in [-0.25, -0.2) is 9.97 Å². The first kappa shape index (κ1) is 10.1. The molecule has 0 spiro atoms. The van der Waals surface area contributed by atoms with E-state index in [0.29, 0.717) is 5.15 Å². The van der Waals surface area contributed by atoms with Crippen molar-refractivity contribution in [3.63, 3.8) is 0 Å². The number of hydrogen-bond donors (Lipinski definition) is 2. The predicted molar refractivity (Wildman–Crippen MR) is 65.0 cm³/mol. The standard InChI is InChI=1S/C9H7ClN4S/c10-8-6-3-5(14-9(11)15)1-2-7(6)12-4-13-8/h1-4H,(H3,11,14,15). The van der Waals surface area contributed by atoms with E-state index in [2.05, 4.69) is 15.3 Å². The Morgan fingerprint density at radius 2 is 2.20 bits per heavy atom. The molecule has 0 saturated carbocycles. The van der Waals surface area contributed by atoms with E-state index in [0.717, 1.165) is 16.6 Å². The Hall–Kier alpha value is -1.46. The number of nitrogens with one attached hydrogen (secondary N) is 1. The lowest BCUT2D eigenvalue weighted by Crippen LogP contribution is -2.18. The first-order valence-electron chi connectivity index (χ1n) is 4.13. The van der Waals surface area contributed by atoms with Gasteiger partial charge < -0.3 is 11.1 Å². The molecule has 1 heterocycles. The molecule has 0 fully saturated rings. The van der Waals surface area contributed by atoms with Crippen LogP contribution in [0.4, 0.5) is 5.69 Å². The summed E-state index contributed by atoms with van der Waals surface area (Å²) in [5, 5.41) is 4.20. The van der Waals surface area contributed by atoms with E-state index in [4.69, 9.17) is 29.6 Å². The first-order chi connectivity index (χ1) is 7.16. The third-order valence-electron chi connectivity index (χ3n) is 1.85. The highest BCUT2D eigenvalue weighted by Gasteiger charge is 2.02. The summed E-state index contributed by atoms with van der Waals surface area (Å²) in [7, 11) is 0. The number of fused-ring (bicyclic) bond motifs is 1. The highest BCUT2D eigenvalue weighted by Crippen LogP contribution is 2.22. The summed E-state index contributed by atoms with van der Waals surface area (Å²) >= 11 is 10.7. The van der Waals surface area contributed by atoms with E-state index in [1.54, 1.807) is 6.07 Å². The van der Waals surface area contributed by atoms with Crippen molar-refractivity contribution in [3.05, 3.63) is 29.7 Å². The number of nitrogens with two attached hydrogens (primary N) is 1. The van der Waals surface area contributed by atoms with Crippen molar-refractivity contribution in [2.24, 2.45) is 5.73 Å². The maximum Gasteiger partial charge on any atom is 0.168 e. The summed E-state index contributed by atoms with van der Waals surface area (Å²) in [5.41, 5.74) is 6.91. The van der Waals surface area contributed by atoms with Crippen LogP contribution >= 0.6 is 23.8 Å². The van der Waals surface area contributed by atoms with Crippen LogP contribution in [0.2, 0.25) is 5.15 Å². The molecule has 0 radical (unpaired) electrons. The van der Waals surface area contributed by atoms with Crippen molar-refractivity contribution in [1.82, 2.24) is 9.97 Å². The van der Waals surface area contributed by atoms with Gasteiger partial charge in [0.15, 0.2) is 5.11 Å². The third-order valence-corrected chi connectivity index (χ3v) is 2.26. The molecule has 0 unspecified atom stereocenters. The van der Waals surface area contributed by atoms with Crippen LogP contribution in [-0.2, 0) is 0 Å². The van der Waals surface area contributed by atoms with E-state index in [1.807, 2.05) is 12.1 Å². The zero-order valence-corrected chi connectivity index (χ0v) is 9.14. The number of aromatic nitrogens is 2. The Kier molecular flexibility index (Phi) is 2.66. The number of rotatable bonds is 1. The number of thiocarbonyl (C=S) groups is 1. The third kappa shape index (κ3) is 2.14. The monoisotopic (exact) mass is 238 g/mol. The molecule has 0 aliphatic heterocycles. The second-order valence-electron chi connectivity index (χ2n) is 2.89. The van der Waals surface area contributed by atoms with E-state index in [-0.39, 0.29) is 5.11 Å². The molecule has 1 aromatic heterocycles. The molecule has 3 N–H and O–H groups in total. The number of nitrogens with zero attached hydrogens (tertiary/aromatic N) is 2. The zero-order valence-electron chi connectivity index (χ0n) is 7.57. The molecule has 0 saturated heterocycles. The summed E-state index contributed by atoms with van der Waals surface area (Å²) in [5.74, 6) is 0. The van der Waals surface area contributed by atoms with Gasteiger partial charge in [-0.15, -0.1) is 0 Å². The van der Waals surface area contributed by atoms with Crippen LogP contribution < -0.4 is 11.1 Å². The van der Waals surface area contributed by atoms with E-state index in [9.17, 15) is 0 Å². The summed E-state index contributed by atoms with van der Waals surface area (Å²) in [6, 6.07) is 5.45. The van der Waals surface area contributed by atoms with Gasteiger partial charge in [-0.05, 0) is 30.4 Å². The second kappa shape index (κ2) is 3.96. The largest absolute Gasteiger partial charge is 0.376 e. The van der Waals surface area contributed by atoms with Gasteiger partial charge in [-0.1, -0.05) is 11.6 Å². The average Bonchev–Trinajstić information content (AvgIpc) is 2.18. The normalized spacial score (nSPS) is 10.2. The fourth-order valence-corrected chi connectivity index (χ4v) is 1.56. The lowest BCUT2D eigenvalue weighted by Gasteiger charge is -2.05. The lowest BCUT2D eigenvalue weighted by atomic mass is 10.2. The van der Waals surface area contributed by atoms with Crippen molar-refractivity contribution < 1.29 is 0 Å². The molecule has 76 valence electrons. The van der Waals surface area contributed by atoms with Gasteiger partial charge in [-0.3, -0.25) is 0 Å². The van der Waals surface area contributed by atoms with E-state index in [1.165, 1.54) is 6.33 Å². The number of anilines is 1. The second-order valence-corrected chi connectivity index (χ2v) is 3.68. The van der Waals surface area contributed by atoms with Crippen molar-refractivity contribution >= 4 is 45.5 Å². The molecule has 6 heteroatoms. The Labute approximate surface area is 96.5 Å². The minimum Gasteiger partial charge on any atom is -0.376 e. The maximum absolute atomic E-state index is 5.92. The van der Waals surface area contributed by atoms with Crippen LogP contribution in [0, 0.1) is 0 Å². The molecule has 0 bridgehead atoms. The van der Waals surface area contributed by atoms with Crippen LogP contribution in [0.15, 0.2) is 24.5 Å². The fourth-order valence-electron chi connectivity index (χ4n) is 1.25. The zero-order chi connectivity index (χ0) is 10.8. The van der Waals surface area contributed by atoms with Crippen LogP contribution in [-0.4, -0.2) is 15.1 Å². The Balaban J connectivity index is 2.54. The van der Waals surface area contributed by atoms with Gasteiger partial charge in [0.1, 0.15) is 11.5 Å². The fraction of sp³-hybridized carbons (Fsp3) is 0. The van der Waals surface area contributed by atoms with Gasteiger partial charge in [0.25, 0.3) is 0 Å². The van der Waals surface area contributed by atoms with Crippen molar-refractivity contribution in [3.8, 4) is 0 Å². The molecular weight excluding hydrogens is 232 g/mol. The molecule has 0 atom stereocenters. The van der Waals surface area contributed by atoms with Crippen LogP contribution in [0.3, 0.4) is 0 Å². The van der Waals surface area contributed by atoms with E-state index >= 15 is 0 Å². The molecule has 2 rings (SSSR count). The van der Waals surface area contributed by atoms with Crippen LogP contribution in [0.5, 0.6) is 0 Å². The number of hydrogen-bond acceptors (Lipinski definition) is 3. The molecule has 4 nitrogen and oxygen atoms in total. The van der Waals surface area contributed by atoms with Crippen molar-refractivity contribution in [2.75, 3.05) is 5.32 Å². The SMILES string of the molecule is NC(=S)Nc1ccc2ncnc(Cl)c2c1. The van der Waals surface area contributed by atoms with Gasteiger partial charge in [0, 0.05) is 11.1 Å².